The van der Waals surface area contributed by atoms with E-state index in [2.05, 4.69) is 26.4 Å². The largest absolute Gasteiger partial charge is 0.375 e. The first-order valence-corrected chi connectivity index (χ1v) is 10.7. The summed E-state index contributed by atoms with van der Waals surface area (Å²) >= 11 is 0. The Kier molecular flexibility index (Phi) is 4.84. The molecular weight excluding hydrogens is 404 g/mol. The minimum Gasteiger partial charge on any atom is -0.375 e. The van der Waals surface area contributed by atoms with Crippen LogP contribution in [0.2, 0.25) is 0 Å². The fourth-order valence-corrected chi connectivity index (χ4v) is 4.42. The van der Waals surface area contributed by atoms with E-state index < -0.39 is 11.2 Å². The summed E-state index contributed by atoms with van der Waals surface area (Å²) in [6, 6.07) is 7.60. The average Bonchev–Trinajstić information content (AvgIpc) is 2.79. The van der Waals surface area contributed by atoms with Crippen LogP contribution in [0, 0.1) is 6.92 Å². The van der Waals surface area contributed by atoms with E-state index >= 15 is 0 Å². The van der Waals surface area contributed by atoms with Gasteiger partial charge in [-0.3, -0.25) is 24.3 Å². The standard InChI is InChI=1S/C24H24N6O2/c1-14(2)29-10-8-17(9-11-29)30-22-18(23(31)28-24(30)32)13-26-20-7-6-19(27-21(20)22)16-5-4-15(3)25-12-16/h4-7,12-13,17H,1,8-11H2,2-3H3,(H,28,31,32). The number of H-pyrrole nitrogens is 1. The number of likely N-dealkylation sites (tertiary alicyclic amines) is 1. The lowest BCUT2D eigenvalue weighted by atomic mass is 10.0. The molecule has 0 amide bonds. The van der Waals surface area contributed by atoms with Gasteiger partial charge in [0.1, 0.15) is 5.52 Å². The first kappa shape index (κ1) is 20.1. The molecule has 4 aromatic heterocycles. The zero-order chi connectivity index (χ0) is 22.4. The van der Waals surface area contributed by atoms with Crippen LogP contribution >= 0.6 is 0 Å². The summed E-state index contributed by atoms with van der Waals surface area (Å²) in [6.45, 7) is 9.57. The molecule has 0 spiro atoms. The second kappa shape index (κ2) is 7.71. The second-order valence-corrected chi connectivity index (χ2v) is 8.36. The number of allylic oxidation sites excluding steroid dienone is 1. The Balaban J connectivity index is 1.74. The van der Waals surface area contributed by atoms with E-state index in [1.165, 1.54) is 6.20 Å². The molecule has 1 fully saturated rings. The summed E-state index contributed by atoms with van der Waals surface area (Å²) in [7, 11) is 0. The molecule has 32 heavy (non-hydrogen) atoms. The van der Waals surface area contributed by atoms with Gasteiger partial charge in [-0.15, -0.1) is 0 Å². The fourth-order valence-electron chi connectivity index (χ4n) is 4.42. The van der Waals surface area contributed by atoms with E-state index in [-0.39, 0.29) is 6.04 Å². The van der Waals surface area contributed by atoms with Crippen LogP contribution in [0.1, 0.15) is 31.5 Å². The fraction of sp³-hybridized carbons (Fsp3) is 0.292. The van der Waals surface area contributed by atoms with E-state index in [1.807, 2.05) is 38.1 Å². The van der Waals surface area contributed by atoms with Crippen LogP contribution in [0.3, 0.4) is 0 Å². The third-order valence-corrected chi connectivity index (χ3v) is 6.19. The number of nitrogens with zero attached hydrogens (tertiary/aromatic N) is 5. The minimum absolute atomic E-state index is 0.0467. The van der Waals surface area contributed by atoms with Crippen LogP contribution in [-0.4, -0.2) is 42.5 Å². The number of nitrogens with one attached hydrogen (secondary N) is 1. The molecule has 1 saturated heterocycles. The van der Waals surface area contributed by atoms with E-state index in [9.17, 15) is 9.59 Å². The molecule has 1 aliphatic rings. The molecule has 0 radical (unpaired) electrons. The number of pyridine rings is 3. The number of hydrogen-bond acceptors (Lipinski definition) is 6. The van der Waals surface area contributed by atoms with E-state index in [1.54, 1.807) is 10.8 Å². The highest BCUT2D eigenvalue weighted by Gasteiger charge is 2.25. The minimum atomic E-state index is -0.445. The van der Waals surface area contributed by atoms with Crippen molar-refractivity contribution < 1.29 is 0 Å². The monoisotopic (exact) mass is 428 g/mol. The Bertz CT molecular complexity index is 1460. The van der Waals surface area contributed by atoms with Crippen LogP contribution in [-0.2, 0) is 0 Å². The van der Waals surface area contributed by atoms with Gasteiger partial charge in [0.15, 0.2) is 0 Å². The zero-order valence-electron chi connectivity index (χ0n) is 18.1. The highest BCUT2D eigenvalue weighted by molar-refractivity contribution is 6.01. The molecule has 4 aromatic rings. The summed E-state index contributed by atoms with van der Waals surface area (Å²) in [5, 5.41) is 0.367. The number of aromatic amines is 1. The summed E-state index contributed by atoms with van der Waals surface area (Å²) in [5.74, 6) is 0. The molecule has 0 aliphatic carbocycles. The molecule has 0 atom stereocenters. The van der Waals surface area contributed by atoms with Crippen molar-refractivity contribution in [2.45, 2.75) is 32.7 Å². The number of fused-ring (bicyclic) bond motifs is 3. The topological polar surface area (TPSA) is 96.8 Å². The van der Waals surface area contributed by atoms with Gasteiger partial charge < -0.3 is 4.90 Å². The molecule has 1 N–H and O–H groups in total. The Labute approximate surface area is 184 Å². The SMILES string of the molecule is C=C(C)N1CCC(n2c(=O)[nH]c(=O)c3cnc4ccc(-c5ccc(C)nc5)nc4c32)CC1. The predicted molar refractivity (Wildman–Crippen MR) is 125 cm³/mol. The lowest BCUT2D eigenvalue weighted by Gasteiger charge is -2.34. The second-order valence-electron chi connectivity index (χ2n) is 8.36. The van der Waals surface area contributed by atoms with Gasteiger partial charge in [-0.05, 0) is 51.0 Å². The van der Waals surface area contributed by atoms with Crippen molar-refractivity contribution in [1.82, 2.24) is 29.4 Å². The predicted octanol–water partition coefficient (Wildman–Crippen LogP) is 3.17. The van der Waals surface area contributed by atoms with Crippen molar-refractivity contribution >= 4 is 21.9 Å². The molecule has 0 bridgehead atoms. The van der Waals surface area contributed by atoms with Gasteiger partial charge in [-0.25, -0.2) is 9.78 Å². The van der Waals surface area contributed by atoms with E-state index in [4.69, 9.17) is 4.98 Å². The van der Waals surface area contributed by atoms with Crippen LogP contribution in [0.25, 0.3) is 33.2 Å². The summed E-state index contributed by atoms with van der Waals surface area (Å²) in [4.78, 5) is 44.0. The highest BCUT2D eigenvalue weighted by atomic mass is 16.2. The molecule has 1 aliphatic heterocycles. The third kappa shape index (κ3) is 3.37. The van der Waals surface area contributed by atoms with Crippen molar-refractivity contribution in [2.24, 2.45) is 0 Å². The van der Waals surface area contributed by atoms with Crippen molar-refractivity contribution in [3.63, 3.8) is 0 Å². The first-order chi connectivity index (χ1) is 15.4. The molecule has 0 unspecified atom stereocenters. The molecule has 0 saturated carbocycles. The molecule has 8 heteroatoms. The van der Waals surface area contributed by atoms with Gasteiger partial charge in [-0.2, -0.15) is 0 Å². The van der Waals surface area contributed by atoms with Gasteiger partial charge in [0.05, 0.1) is 22.1 Å². The van der Waals surface area contributed by atoms with Crippen LogP contribution in [0.15, 0.2) is 58.5 Å². The van der Waals surface area contributed by atoms with Crippen molar-refractivity contribution in [1.29, 1.82) is 0 Å². The smallest absolute Gasteiger partial charge is 0.329 e. The van der Waals surface area contributed by atoms with E-state index in [0.717, 1.165) is 48.6 Å². The van der Waals surface area contributed by atoms with Crippen molar-refractivity contribution in [2.75, 3.05) is 13.1 Å². The maximum atomic E-state index is 13.0. The summed E-state index contributed by atoms with van der Waals surface area (Å²) < 4.78 is 1.71. The van der Waals surface area contributed by atoms with Gasteiger partial charge >= 0.3 is 5.69 Å². The van der Waals surface area contributed by atoms with Crippen molar-refractivity contribution in [3.8, 4) is 11.3 Å². The van der Waals surface area contributed by atoms with E-state index in [0.29, 0.717) is 21.9 Å². The van der Waals surface area contributed by atoms with Gasteiger partial charge in [0.2, 0.25) is 0 Å². The zero-order valence-corrected chi connectivity index (χ0v) is 18.1. The molecule has 0 aromatic carbocycles. The number of hydrogen-bond donors (Lipinski definition) is 1. The van der Waals surface area contributed by atoms with Gasteiger partial charge in [0, 0.05) is 48.5 Å². The summed E-state index contributed by atoms with van der Waals surface area (Å²) in [5.41, 5.74) is 4.40. The Morgan fingerprint density at radius 2 is 1.88 bits per heavy atom. The Morgan fingerprint density at radius 1 is 1.09 bits per heavy atom. The molecule has 5 rings (SSSR count). The number of rotatable bonds is 3. The molecule has 8 nitrogen and oxygen atoms in total. The first-order valence-electron chi connectivity index (χ1n) is 10.7. The Hall–Kier alpha value is -3.81. The average molecular weight is 428 g/mol. The van der Waals surface area contributed by atoms with Gasteiger partial charge in [0.25, 0.3) is 5.56 Å². The molecule has 162 valence electrons. The van der Waals surface area contributed by atoms with Crippen LogP contribution in [0.4, 0.5) is 0 Å². The lowest BCUT2D eigenvalue weighted by molar-refractivity contribution is 0.228. The number of aromatic nitrogens is 5. The maximum Gasteiger partial charge on any atom is 0.329 e. The quantitative estimate of drug-likeness (QED) is 0.504. The van der Waals surface area contributed by atoms with Crippen molar-refractivity contribution in [3.05, 3.63) is 75.5 Å². The highest BCUT2D eigenvalue weighted by Crippen LogP contribution is 2.29. The van der Waals surface area contributed by atoms with Crippen LogP contribution < -0.4 is 11.2 Å². The molecular formula is C24H24N6O2. The summed E-state index contributed by atoms with van der Waals surface area (Å²) in [6.07, 6.45) is 4.86. The maximum absolute atomic E-state index is 13.0. The number of aryl methyl sites for hydroxylation is 1. The Morgan fingerprint density at radius 3 is 2.56 bits per heavy atom. The third-order valence-electron chi connectivity index (χ3n) is 6.19. The van der Waals surface area contributed by atoms with Crippen LogP contribution in [0.5, 0.6) is 0 Å². The normalized spacial score (nSPS) is 14.9. The molecule has 5 heterocycles. The number of piperidine rings is 1. The lowest BCUT2D eigenvalue weighted by Crippen LogP contribution is -2.39. The van der Waals surface area contributed by atoms with Gasteiger partial charge in [-0.1, -0.05) is 6.58 Å².